The summed E-state index contributed by atoms with van der Waals surface area (Å²) in [4.78, 5) is 25.5. The molecule has 4 bridgehead atoms. The van der Waals surface area contributed by atoms with E-state index in [1.54, 1.807) is 12.2 Å². The van der Waals surface area contributed by atoms with E-state index in [0.717, 1.165) is 62.5 Å². The third-order valence-electron chi connectivity index (χ3n) is 15.2. The van der Waals surface area contributed by atoms with Gasteiger partial charge in [-0.1, -0.05) is 122 Å². The van der Waals surface area contributed by atoms with E-state index in [9.17, 15) is 19.8 Å². The summed E-state index contributed by atoms with van der Waals surface area (Å²) in [6.45, 7) is 18.3. The number of fused-ring (bicyclic) bond motifs is 6. The quantitative estimate of drug-likeness (QED) is 0.102. The Morgan fingerprint density at radius 2 is 1.16 bits per heavy atom. The van der Waals surface area contributed by atoms with Crippen LogP contribution in [0.4, 0.5) is 0 Å². The van der Waals surface area contributed by atoms with Crippen molar-refractivity contribution < 1.29 is 66.7 Å². The Labute approximate surface area is 456 Å². The van der Waals surface area contributed by atoms with Gasteiger partial charge in [-0.15, -0.1) is 0 Å². The largest absolute Gasteiger partial charge is 0.456 e. The van der Waals surface area contributed by atoms with Gasteiger partial charge in [-0.2, -0.15) is 0 Å². The summed E-state index contributed by atoms with van der Waals surface area (Å²) in [5, 5.41) is 21.7. The highest BCUT2D eigenvalue weighted by molar-refractivity contribution is 7.10. The van der Waals surface area contributed by atoms with E-state index < -0.39 is 42.5 Å². The predicted octanol–water partition coefficient (Wildman–Crippen LogP) is 9.84. The first-order valence-corrected chi connectivity index (χ1v) is 28.6. The summed E-state index contributed by atoms with van der Waals surface area (Å²) in [5.74, 6) is -0.106. The summed E-state index contributed by atoms with van der Waals surface area (Å²) >= 11 is 0. The molecule has 0 aromatic rings. The van der Waals surface area contributed by atoms with Crippen LogP contribution in [0.2, 0.25) is 0 Å². The molecule has 2 N–H and O–H groups in total. The van der Waals surface area contributed by atoms with E-state index in [1.807, 2.05) is 36.5 Å². The van der Waals surface area contributed by atoms with Crippen molar-refractivity contribution in [3.63, 3.8) is 0 Å². The third kappa shape index (κ3) is 20.2. The van der Waals surface area contributed by atoms with Crippen LogP contribution in [0.15, 0.2) is 121 Å². The Hall–Kier alpha value is -3.20. The minimum atomic E-state index is -1.03. The molecule has 0 aromatic heterocycles. The maximum absolute atomic E-state index is 12.9. The first-order chi connectivity index (χ1) is 36.6. The number of carbonyl (C=O) groups is 2. The van der Waals surface area contributed by atoms with Crippen LogP contribution < -0.4 is 0 Å². The van der Waals surface area contributed by atoms with Crippen LogP contribution in [0.25, 0.3) is 0 Å². The fourth-order valence-electron chi connectivity index (χ4n) is 11.1. The van der Waals surface area contributed by atoms with Crippen molar-refractivity contribution in [1.29, 1.82) is 0 Å². The number of esters is 2. The topological polar surface area (TPSA) is 174 Å². The van der Waals surface area contributed by atoms with Crippen molar-refractivity contribution in [2.45, 2.75) is 215 Å². The molecule has 76 heavy (non-hydrogen) atoms. The van der Waals surface area contributed by atoms with Crippen molar-refractivity contribution in [3.05, 3.63) is 121 Å². The normalized spacial score (nSPS) is 38.9. The zero-order chi connectivity index (χ0) is 54.1. The lowest BCUT2D eigenvalue weighted by molar-refractivity contribution is -0.148. The average molecular weight is 1090 g/mol. The van der Waals surface area contributed by atoms with Crippen molar-refractivity contribution in [2.24, 2.45) is 11.8 Å². The number of epoxide rings is 2. The maximum Gasteiger partial charge on any atom is 0.330 e. The van der Waals surface area contributed by atoms with Gasteiger partial charge in [0.05, 0.1) is 74.3 Å². The van der Waals surface area contributed by atoms with Gasteiger partial charge in [-0.05, 0) is 103 Å². The zero-order valence-electron chi connectivity index (χ0n) is 45.2. The van der Waals surface area contributed by atoms with Crippen LogP contribution in [0.1, 0.15) is 118 Å². The van der Waals surface area contributed by atoms with Gasteiger partial charge in [0.2, 0.25) is 0 Å². The fourth-order valence-corrected chi connectivity index (χ4v) is 11.6. The van der Waals surface area contributed by atoms with Crippen LogP contribution in [0.3, 0.4) is 0 Å². The van der Waals surface area contributed by atoms with Gasteiger partial charge < -0.3 is 57.2 Å². The summed E-state index contributed by atoms with van der Waals surface area (Å²) in [6, 6.07) is 0. The standard InChI is InChI=1S/C30H44O7P2.C30H42O7/c1-19-12-13-32-23(15-19)10-11-25(36-38)26-18-27-30(35-27)28(37-39)17-21(3)14-20(2)16-24-8-4-6-22(33-24)7-5-9-29(31)34-26;1-19-12-13-34-23(15-19)10-11-25(31)27-18-28-30(37-28)26(32)17-21(3)14-20(2)16-24-8-4-6-22(35-24)7-5-9-29(33)36-27/h4-6,9-12,20,22-28,30H,3,7-8,13-18,38-39H2,1-2H3;4-6,9-12,20,22-28,30-32H,3,7-8,13-18H2,1-2H3/b2*9-5-,11-10+/t20-,22-,23+,24-,25-,26-,27-,28-,30+;20-,22-,23+,24-,25-,26-,27-,28-,30-/m00/s1. The summed E-state index contributed by atoms with van der Waals surface area (Å²) in [7, 11) is 4.69. The number of aliphatic hydroxyl groups is 2. The molecule has 8 aliphatic heterocycles. The van der Waals surface area contributed by atoms with Gasteiger partial charge in [-0.25, -0.2) is 9.59 Å². The molecular weight excluding hydrogens is 1010 g/mol. The van der Waals surface area contributed by atoms with E-state index >= 15 is 0 Å². The number of ether oxygens (including phenoxy) is 8. The molecule has 2 fully saturated rings. The van der Waals surface area contributed by atoms with E-state index in [0.29, 0.717) is 57.2 Å². The van der Waals surface area contributed by atoms with Crippen molar-refractivity contribution in [1.82, 2.24) is 0 Å². The van der Waals surface area contributed by atoms with E-state index in [-0.39, 0.29) is 73.6 Å². The molecule has 8 heterocycles. The number of hydrogen-bond donors (Lipinski definition) is 2. The first-order valence-electron chi connectivity index (χ1n) is 27.6. The highest BCUT2D eigenvalue weighted by atomic mass is 31.0. The second kappa shape index (κ2) is 30.4. The molecule has 0 amide bonds. The molecule has 14 nitrogen and oxygen atoms in total. The van der Waals surface area contributed by atoms with Crippen molar-refractivity contribution in [2.75, 3.05) is 13.2 Å². The number of carbonyl (C=O) groups excluding carboxylic acids is 2. The number of hydrogen-bond acceptors (Lipinski definition) is 14. The average Bonchev–Trinajstić information content (AvgIpc) is 4.32. The monoisotopic (exact) mass is 1090 g/mol. The Morgan fingerprint density at radius 1 is 0.645 bits per heavy atom. The summed E-state index contributed by atoms with van der Waals surface area (Å²) < 4.78 is 58.9. The van der Waals surface area contributed by atoms with Crippen LogP contribution in [0.5, 0.6) is 0 Å². The minimum absolute atomic E-state index is 0.0342. The van der Waals surface area contributed by atoms with E-state index in [2.05, 4.69) is 84.1 Å². The highest BCUT2D eigenvalue weighted by Gasteiger charge is 2.49. The lowest BCUT2D eigenvalue weighted by Crippen LogP contribution is -2.33. The van der Waals surface area contributed by atoms with E-state index in [4.69, 9.17) is 46.9 Å². The highest BCUT2D eigenvalue weighted by Crippen LogP contribution is 2.38. The second-order valence-electron chi connectivity index (χ2n) is 22.3. The smallest absolute Gasteiger partial charge is 0.330 e. The van der Waals surface area contributed by atoms with Crippen molar-refractivity contribution in [3.8, 4) is 0 Å². The first kappa shape index (κ1) is 60.4. The lowest BCUT2D eigenvalue weighted by atomic mass is 9.91. The molecule has 0 saturated carbocycles. The Kier molecular flexibility index (Phi) is 24.2. The van der Waals surface area contributed by atoms with Gasteiger partial charge in [0.25, 0.3) is 0 Å². The fraction of sp³-hybridized carbons (Fsp3) is 0.633. The predicted molar refractivity (Wildman–Crippen MR) is 299 cm³/mol. The van der Waals surface area contributed by atoms with Crippen molar-refractivity contribution >= 4 is 30.9 Å². The molecule has 20 atom stereocenters. The van der Waals surface area contributed by atoms with Gasteiger partial charge in [-0.3, -0.25) is 0 Å². The molecule has 2 saturated heterocycles. The van der Waals surface area contributed by atoms with Gasteiger partial charge in [0, 0.05) is 43.9 Å². The molecule has 0 aromatic carbocycles. The molecular formula is C60H86O14P2. The summed E-state index contributed by atoms with van der Waals surface area (Å²) in [6.07, 6.45) is 32.0. The molecule has 420 valence electrons. The van der Waals surface area contributed by atoms with Crippen LogP contribution >= 0.6 is 18.9 Å². The Morgan fingerprint density at radius 3 is 1.71 bits per heavy atom. The SMILES string of the molecule is C=C1C[C@H](C)C[C@@H]2CC=C[C@@H](C/C=C\C(=O)O[C@H]([C@@H](O)/C=C/[C@@H]3CC(C)=CCO3)C[C@@H]3O[C@H]3[C@@H](O)C1)O2.C=C1C[C@H](C)C[C@@H]2CC=C[C@@H](C/C=C\C(=O)O[C@H]([C@H](/C=C/[C@@H]3CC(C)=CCO3)OP)C[C@@H]3O[C@H]3[C@@H](OP)C1)O2. The van der Waals surface area contributed by atoms with Gasteiger partial charge >= 0.3 is 11.9 Å². The third-order valence-corrected chi connectivity index (χ3v) is 15.8. The van der Waals surface area contributed by atoms with Gasteiger partial charge in [0.15, 0.2) is 0 Å². The zero-order valence-corrected chi connectivity index (χ0v) is 47.5. The molecule has 0 radical (unpaired) electrons. The molecule has 0 aliphatic carbocycles. The number of rotatable bonds is 8. The van der Waals surface area contributed by atoms with E-state index in [1.165, 1.54) is 23.3 Å². The number of aliphatic hydroxyl groups excluding tert-OH is 2. The molecule has 16 heteroatoms. The molecule has 8 rings (SSSR count). The van der Waals surface area contributed by atoms with Gasteiger partial charge in [0.1, 0.15) is 36.6 Å². The lowest BCUT2D eigenvalue weighted by Gasteiger charge is -2.28. The maximum atomic E-state index is 12.9. The van der Waals surface area contributed by atoms with Crippen LogP contribution in [0, 0.1) is 11.8 Å². The number of cyclic esters (lactones) is 2. The van der Waals surface area contributed by atoms with Crippen LogP contribution in [-0.4, -0.2) is 133 Å². The molecule has 0 spiro atoms. The summed E-state index contributed by atoms with van der Waals surface area (Å²) in [5.41, 5.74) is 4.67. The molecule has 2 unspecified atom stereocenters. The Bertz CT molecular complexity index is 2180. The molecule has 8 aliphatic rings. The second-order valence-corrected chi connectivity index (χ2v) is 22.8. The van der Waals surface area contributed by atoms with Crippen LogP contribution in [-0.2, 0) is 56.5 Å². The minimum Gasteiger partial charge on any atom is -0.456 e. The Balaban J connectivity index is 0.000000221.